The summed E-state index contributed by atoms with van der Waals surface area (Å²) in [6.07, 6.45) is 4.33. The largest absolute Gasteiger partial charge is 0.481 e. The third kappa shape index (κ3) is 3.55. The van der Waals surface area contributed by atoms with E-state index in [1.165, 1.54) is 19.4 Å². The molecular formula is C11H12ClNO3. The molecule has 0 bridgehead atoms. The summed E-state index contributed by atoms with van der Waals surface area (Å²) < 4.78 is 9.77. The van der Waals surface area contributed by atoms with Crippen LogP contribution in [0.2, 0.25) is 5.02 Å². The van der Waals surface area contributed by atoms with Crippen molar-refractivity contribution in [3.63, 3.8) is 0 Å². The van der Waals surface area contributed by atoms with Crippen molar-refractivity contribution in [2.75, 3.05) is 13.7 Å². The quantitative estimate of drug-likeness (QED) is 0.600. The first-order chi connectivity index (χ1) is 7.67. The highest BCUT2D eigenvalue weighted by molar-refractivity contribution is 6.30. The number of carbonyl (C=O) groups excluding carboxylic acids is 1. The highest BCUT2D eigenvalue weighted by Gasteiger charge is 2.03. The van der Waals surface area contributed by atoms with E-state index < -0.39 is 5.97 Å². The predicted molar refractivity (Wildman–Crippen MR) is 61.5 cm³/mol. The van der Waals surface area contributed by atoms with E-state index in [9.17, 15) is 4.79 Å². The minimum absolute atomic E-state index is 0.341. The summed E-state index contributed by atoms with van der Waals surface area (Å²) >= 11 is 5.78. The third-order valence-electron chi connectivity index (χ3n) is 1.72. The number of rotatable bonds is 4. The summed E-state index contributed by atoms with van der Waals surface area (Å²) in [5.41, 5.74) is 0.628. The van der Waals surface area contributed by atoms with Gasteiger partial charge in [-0.15, -0.1) is 0 Å². The van der Waals surface area contributed by atoms with Crippen LogP contribution in [0.25, 0.3) is 6.08 Å². The number of halogens is 1. The molecule has 86 valence electrons. The zero-order valence-electron chi connectivity index (χ0n) is 9.07. The number of aromatic nitrogens is 1. The maximum atomic E-state index is 11.1. The van der Waals surface area contributed by atoms with Crippen LogP contribution in [0.4, 0.5) is 0 Å². The first kappa shape index (κ1) is 12.5. The number of ether oxygens (including phenoxy) is 2. The molecule has 0 radical (unpaired) electrons. The van der Waals surface area contributed by atoms with Gasteiger partial charge in [-0.25, -0.2) is 9.78 Å². The molecule has 1 aromatic rings. The van der Waals surface area contributed by atoms with E-state index in [-0.39, 0.29) is 0 Å². The Hall–Kier alpha value is -1.55. The lowest BCUT2D eigenvalue weighted by Gasteiger charge is -2.03. The minimum atomic E-state index is -0.412. The summed E-state index contributed by atoms with van der Waals surface area (Å²) in [5.74, 6) is -0.00511. The molecule has 0 aliphatic heterocycles. The number of hydrogen-bond donors (Lipinski definition) is 0. The highest BCUT2D eigenvalue weighted by atomic mass is 35.5. The summed E-state index contributed by atoms with van der Waals surface area (Å²) in [6.45, 7) is 2.08. The van der Waals surface area contributed by atoms with Gasteiger partial charge < -0.3 is 9.47 Å². The molecule has 1 rings (SSSR count). The summed E-state index contributed by atoms with van der Waals surface area (Å²) in [7, 11) is 1.50. The molecule has 0 saturated heterocycles. The lowest BCUT2D eigenvalue weighted by atomic mass is 10.2. The van der Waals surface area contributed by atoms with Crippen LogP contribution in [0.3, 0.4) is 0 Å². The Morgan fingerprint density at radius 2 is 2.38 bits per heavy atom. The van der Waals surface area contributed by atoms with Gasteiger partial charge in [-0.05, 0) is 19.1 Å². The van der Waals surface area contributed by atoms with Crippen LogP contribution < -0.4 is 4.74 Å². The fourth-order valence-electron chi connectivity index (χ4n) is 1.08. The van der Waals surface area contributed by atoms with E-state index in [0.29, 0.717) is 23.1 Å². The fraction of sp³-hybridized carbons (Fsp3) is 0.273. The van der Waals surface area contributed by atoms with Gasteiger partial charge in [0, 0.05) is 17.8 Å². The first-order valence-corrected chi connectivity index (χ1v) is 5.09. The van der Waals surface area contributed by atoms with Crippen molar-refractivity contribution >= 4 is 23.6 Å². The SMILES string of the molecule is CCOC(=O)C=Cc1cc(Cl)cnc1OC. The van der Waals surface area contributed by atoms with Crippen molar-refractivity contribution < 1.29 is 14.3 Å². The van der Waals surface area contributed by atoms with Gasteiger partial charge >= 0.3 is 5.97 Å². The number of pyridine rings is 1. The van der Waals surface area contributed by atoms with Crippen molar-refractivity contribution in [1.29, 1.82) is 0 Å². The van der Waals surface area contributed by atoms with Crippen LogP contribution in [-0.2, 0) is 9.53 Å². The molecule has 0 N–H and O–H groups in total. The predicted octanol–water partition coefficient (Wildman–Crippen LogP) is 2.32. The molecule has 0 spiro atoms. The zero-order valence-corrected chi connectivity index (χ0v) is 9.82. The second kappa shape index (κ2) is 6.12. The second-order valence-electron chi connectivity index (χ2n) is 2.84. The average Bonchev–Trinajstić information content (AvgIpc) is 2.27. The molecule has 0 amide bonds. The van der Waals surface area contributed by atoms with E-state index >= 15 is 0 Å². The van der Waals surface area contributed by atoms with Gasteiger partial charge in [-0.2, -0.15) is 0 Å². The van der Waals surface area contributed by atoms with Crippen LogP contribution in [0.15, 0.2) is 18.3 Å². The minimum Gasteiger partial charge on any atom is -0.481 e. The van der Waals surface area contributed by atoms with E-state index in [1.807, 2.05) is 0 Å². The molecule has 1 heterocycles. The molecule has 0 atom stereocenters. The van der Waals surface area contributed by atoms with E-state index in [1.54, 1.807) is 19.1 Å². The number of carbonyl (C=O) groups is 1. The first-order valence-electron chi connectivity index (χ1n) is 4.71. The zero-order chi connectivity index (χ0) is 12.0. The van der Waals surface area contributed by atoms with Crippen molar-refractivity contribution in [3.05, 3.63) is 28.9 Å². The number of methoxy groups -OCH3 is 1. The van der Waals surface area contributed by atoms with Crippen LogP contribution in [0.5, 0.6) is 5.88 Å². The topological polar surface area (TPSA) is 48.4 Å². The Balaban J connectivity index is 2.86. The second-order valence-corrected chi connectivity index (χ2v) is 3.27. The van der Waals surface area contributed by atoms with Crippen molar-refractivity contribution in [1.82, 2.24) is 4.98 Å². The number of hydrogen-bond acceptors (Lipinski definition) is 4. The summed E-state index contributed by atoms with van der Waals surface area (Å²) in [5, 5.41) is 0.476. The Morgan fingerprint density at radius 1 is 1.62 bits per heavy atom. The van der Waals surface area contributed by atoms with Gasteiger partial charge in [0.25, 0.3) is 0 Å². The maximum absolute atomic E-state index is 11.1. The molecule has 4 nitrogen and oxygen atoms in total. The van der Waals surface area contributed by atoms with Gasteiger partial charge in [0.15, 0.2) is 0 Å². The van der Waals surface area contributed by atoms with Crippen LogP contribution in [0, 0.1) is 0 Å². The fourth-order valence-corrected chi connectivity index (χ4v) is 1.25. The molecular weight excluding hydrogens is 230 g/mol. The molecule has 0 aromatic carbocycles. The molecule has 0 aliphatic carbocycles. The maximum Gasteiger partial charge on any atom is 0.330 e. The normalized spacial score (nSPS) is 10.4. The number of nitrogens with zero attached hydrogens (tertiary/aromatic N) is 1. The van der Waals surface area contributed by atoms with Crippen molar-refractivity contribution in [3.8, 4) is 5.88 Å². The lowest BCUT2D eigenvalue weighted by molar-refractivity contribution is -0.137. The summed E-state index contributed by atoms with van der Waals surface area (Å²) in [4.78, 5) is 15.1. The number of esters is 1. The van der Waals surface area contributed by atoms with Crippen molar-refractivity contribution in [2.24, 2.45) is 0 Å². The monoisotopic (exact) mass is 241 g/mol. The molecule has 5 heteroatoms. The summed E-state index contributed by atoms with van der Waals surface area (Å²) in [6, 6.07) is 1.66. The van der Waals surface area contributed by atoms with Crippen LogP contribution >= 0.6 is 11.6 Å². The molecule has 0 aliphatic rings. The van der Waals surface area contributed by atoms with Gasteiger partial charge in [-0.3, -0.25) is 0 Å². The van der Waals surface area contributed by atoms with Crippen LogP contribution in [-0.4, -0.2) is 24.7 Å². The molecule has 0 fully saturated rings. The Bertz CT molecular complexity index is 404. The van der Waals surface area contributed by atoms with E-state index in [4.69, 9.17) is 21.1 Å². The smallest absolute Gasteiger partial charge is 0.330 e. The lowest BCUT2D eigenvalue weighted by Crippen LogP contribution is -1.99. The Labute approximate surface area is 98.8 Å². The average molecular weight is 242 g/mol. The van der Waals surface area contributed by atoms with E-state index in [0.717, 1.165) is 0 Å². The molecule has 0 saturated carbocycles. The van der Waals surface area contributed by atoms with Crippen LogP contribution in [0.1, 0.15) is 12.5 Å². The molecule has 0 unspecified atom stereocenters. The van der Waals surface area contributed by atoms with Gasteiger partial charge in [0.05, 0.1) is 18.7 Å². The Kier molecular flexibility index (Phi) is 4.79. The Morgan fingerprint density at radius 3 is 3.00 bits per heavy atom. The van der Waals surface area contributed by atoms with Gasteiger partial charge in [-0.1, -0.05) is 11.6 Å². The van der Waals surface area contributed by atoms with Crippen molar-refractivity contribution in [2.45, 2.75) is 6.92 Å². The highest BCUT2D eigenvalue weighted by Crippen LogP contribution is 2.20. The molecule has 1 aromatic heterocycles. The van der Waals surface area contributed by atoms with Gasteiger partial charge in [0.2, 0.25) is 5.88 Å². The standard InChI is InChI=1S/C11H12ClNO3/c1-3-16-10(14)5-4-8-6-9(12)7-13-11(8)15-2/h4-7H,3H2,1-2H3. The third-order valence-corrected chi connectivity index (χ3v) is 1.93. The molecule has 16 heavy (non-hydrogen) atoms. The van der Waals surface area contributed by atoms with E-state index in [2.05, 4.69) is 4.98 Å². The van der Waals surface area contributed by atoms with Gasteiger partial charge in [0.1, 0.15) is 0 Å².